The first-order chi connectivity index (χ1) is 16.8. The van der Waals surface area contributed by atoms with Crippen LogP contribution in [0.25, 0.3) is 11.1 Å². The summed E-state index contributed by atoms with van der Waals surface area (Å²) >= 11 is 6.04. The molecule has 1 unspecified atom stereocenters. The van der Waals surface area contributed by atoms with Crippen LogP contribution in [0, 0.1) is 0 Å². The maximum absolute atomic E-state index is 12.7. The highest BCUT2D eigenvalue weighted by Gasteiger charge is 2.26. The molecule has 1 atom stereocenters. The molecule has 0 fully saturated rings. The van der Waals surface area contributed by atoms with Crippen LogP contribution in [0.5, 0.6) is 0 Å². The van der Waals surface area contributed by atoms with Gasteiger partial charge in [0, 0.05) is 11.6 Å². The molecule has 0 bridgehead atoms. The fraction of sp³-hybridized carbons (Fsp3) is 0.261. The highest BCUT2D eigenvalue weighted by molar-refractivity contribution is 6.30. The molecule has 186 valence electrons. The molecule has 0 aliphatic rings. The molecule has 1 aromatic heterocycles. The van der Waals surface area contributed by atoms with E-state index in [0.717, 1.165) is 17.2 Å². The van der Waals surface area contributed by atoms with Crippen molar-refractivity contribution in [2.75, 3.05) is 19.9 Å². The lowest BCUT2D eigenvalue weighted by molar-refractivity contribution is -0.162. The van der Waals surface area contributed by atoms with Gasteiger partial charge in [-0.05, 0) is 28.8 Å². The number of nitrogens with one attached hydrogen (secondary N) is 2. The minimum absolute atomic E-state index is 0.0101. The normalized spacial score (nSPS) is 12.1. The van der Waals surface area contributed by atoms with Crippen molar-refractivity contribution >= 4 is 23.5 Å². The third-order valence-corrected chi connectivity index (χ3v) is 5.02. The largest absolute Gasteiger partial charge is 0.455 e. The molecule has 35 heavy (non-hydrogen) atoms. The van der Waals surface area contributed by atoms with Crippen molar-refractivity contribution in [2.24, 2.45) is 0 Å². The van der Waals surface area contributed by atoms with Gasteiger partial charge in [0.25, 0.3) is 5.56 Å². The summed E-state index contributed by atoms with van der Waals surface area (Å²) in [6.07, 6.45) is -3.46. The lowest BCUT2D eigenvalue weighted by Gasteiger charge is -2.25. The number of rotatable bonds is 11. The van der Waals surface area contributed by atoms with Gasteiger partial charge >= 0.3 is 11.9 Å². The zero-order valence-corrected chi connectivity index (χ0v) is 19.0. The molecule has 0 aliphatic heterocycles. The van der Waals surface area contributed by atoms with Gasteiger partial charge in [0.15, 0.2) is 12.2 Å². The molecule has 3 N–H and O–H groups in total. The standard InChI is InChI=1S/C23H22ClF2N3O6/c24-17-3-1-2-16(8-17)15-6-4-14(5-7-15)12-29(27-22(32)20-9-21(31)28-35-20)13-19(30)23(33)34-18(10-25)11-26/h1-9,18-19,30H,10-13H2,(H,27,32)(H,28,31). The molecular weight excluding hydrogens is 488 g/mol. The van der Waals surface area contributed by atoms with Crippen molar-refractivity contribution in [3.05, 3.63) is 81.3 Å². The number of alkyl halides is 2. The summed E-state index contributed by atoms with van der Waals surface area (Å²) in [7, 11) is 0. The summed E-state index contributed by atoms with van der Waals surface area (Å²) in [4.78, 5) is 35.7. The van der Waals surface area contributed by atoms with Crippen LogP contribution in [-0.2, 0) is 16.1 Å². The van der Waals surface area contributed by atoms with Crippen molar-refractivity contribution in [3.8, 4) is 11.1 Å². The lowest BCUT2D eigenvalue weighted by Crippen LogP contribution is -2.48. The molecule has 0 radical (unpaired) electrons. The molecule has 9 nitrogen and oxygen atoms in total. The van der Waals surface area contributed by atoms with Crippen LogP contribution < -0.4 is 11.0 Å². The molecule has 0 saturated carbocycles. The number of hydrogen-bond donors (Lipinski definition) is 3. The second-order valence-corrected chi connectivity index (χ2v) is 7.93. The Balaban J connectivity index is 1.74. The van der Waals surface area contributed by atoms with Gasteiger partial charge in [0.05, 0.1) is 12.6 Å². The first kappa shape index (κ1) is 26.1. The van der Waals surface area contributed by atoms with E-state index in [4.69, 9.17) is 16.1 Å². The predicted molar refractivity (Wildman–Crippen MR) is 122 cm³/mol. The zero-order valence-electron chi connectivity index (χ0n) is 18.2. The number of carbonyl (C=O) groups is 2. The van der Waals surface area contributed by atoms with E-state index in [2.05, 4.69) is 10.2 Å². The summed E-state index contributed by atoms with van der Waals surface area (Å²) < 4.78 is 34.7. The molecule has 3 aromatic rings. The van der Waals surface area contributed by atoms with E-state index in [1.54, 1.807) is 24.3 Å². The van der Waals surface area contributed by atoms with Crippen LogP contribution in [-0.4, -0.2) is 59.3 Å². The average molecular weight is 510 g/mol. The van der Waals surface area contributed by atoms with E-state index in [1.807, 2.05) is 29.4 Å². The maximum atomic E-state index is 12.7. The number of hydrogen-bond acceptors (Lipinski definition) is 7. The molecule has 0 spiro atoms. The van der Waals surface area contributed by atoms with Crippen LogP contribution in [0.15, 0.2) is 63.9 Å². The Morgan fingerprint density at radius 3 is 2.43 bits per heavy atom. The highest BCUT2D eigenvalue weighted by Crippen LogP contribution is 2.23. The van der Waals surface area contributed by atoms with Crippen LogP contribution >= 0.6 is 11.6 Å². The van der Waals surface area contributed by atoms with Gasteiger partial charge in [0.1, 0.15) is 13.3 Å². The number of aromatic amines is 1. The Bertz CT molecular complexity index is 1200. The van der Waals surface area contributed by atoms with Gasteiger partial charge < -0.3 is 14.4 Å². The van der Waals surface area contributed by atoms with Crippen molar-refractivity contribution in [3.63, 3.8) is 0 Å². The monoisotopic (exact) mass is 509 g/mol. The molecule has 1 amide bonds. The van der Waals surface area contributed by atoms with Gasteiger partial charge in [-0.2, -0.15) is 5.16 Å². The average Bonchev–Trinajstić information content (AvgIpc) is 3.29. The van der Waals surface area contributed by atoms with Crippen LogP contribution in [0.4, 0.5) is 8.78 Å². The van der Waals surface area contributed by atoms with Gasteiger partial charge in [-0.1, -0.05) is 48.0 Å². The molecule has 1 heterocycles. The lowest BCUT2D eigenvalue weighted by atomic mass is 10.0. The smallest absolute Gasteiger partial charge is 0.336 e. The fourth-order valence-corrected chi connectivity index (χ4v) is 3.26. The minimum atomic E-state index is -1.83. The second-order valence-electron chi connectivity index (χ2n) is 7.49. The minimum Gasteiger partial charge on any atom is -0.455 e. The van der Waals surface area contributed by atoms with Gasteiger partial charge in [-0.25, -0.2) is 18.6 Å². The van der Waals surface area contributed by atoms with Crippen LogP contribution in [0.1, 0.15) is 16.1 Å². The number of ether oxygens (including phenoxy) is 1. The number of benzene rings is 2. The number of nitrogens with zero attached hydrogens (tertiary/aromatic N) is 1. The first-order valence-electron chi connectivity index (χ1n) is 10.4. The molecule has 12 heteroatoms. The number of hydrazine groups is 1. The fourth-order valence-electron chi connectivity index (χ4n) is 3.06. The Hall–Kier alpha value is -3.54. The van der Waals surface area contributed by atoms with Crippen molar-refractivity contribution < 1.29 is 32.7 Å². The Morgan fingerprint density at radius 2 is 1.83 bits per heavy atom. The summed E-state index contributed by atoms with van der Waals surface area (Å²) in [6, 6.07) is 15.4. The summed E-state index contributed by atoms with van der Waals surface area (Å²) in [5, 5.41) is 13.9. The first-order valence-corrected chi connectivity index (χ1v) is 10.8. The number of H-pyrrole nitrogens is 1. The summed E-state index contributed by atoms with van der Waals surface area (Å²) in [5.41, 5.74) is 4.24. The molecule has 2 aromatic carbocycles. The van der Waals surface area contributed by atoms with E-state index < -0.39 is 49.5 Å². The Kier molecular flexibility index (Phi) is 9.12. The van der Waals surface area contributed by atoms with E-state index in [1.165, 1.54) is 5.01 Å². The van der Waals surface area contributed by atoms with Crippen molar-refractivity contribution in [1.29, 1.82) is 0 Å². The van der Waals surface area contributed by atoms with E-state index in [0.29, 0.717) is 10.6 Å². The maximum Gasteiger partial charge on any atom is 0.336 e. The van der Waals surface area contributed by atoms with Gasteiger partial charge in [-0.15, -0.1) is 0 Å². The predicted octanol–water partition coefficient (Wildman–Crippen LogP) is 2.65. The topological polar surface area (TPSA) is 125 Å². The second kappa shape index (κ2) is 12.2. The number of aliphatic hydroxyl groups is 1. The van der Waals surface area contributed by atoms with Crippen LogP contribution in [0.2, 0.25) is 5.02 Å². The van der Waals surface area contributed by atoms with E-state index in [-0.39, 0.29) is 12.3 Å². The number of aliphatic hydroxyl groups excluding tert-OH is 1. The number of aromatic nitrogens is 1. The molecule has 0 aliphatic carbocycles. The molecular formula is C23H22ClF2N3O6. The number of amides is 1. The number of carbonyl (C=O) groups excluding carboxylic acids is 2. The summed E-state index contributed by atoms with van der Waals surface area (Å²) in [6.45, 7) is -2.97. The quantitative estimate of drug-likeness (QED) is 0.268. The van der Waals surface area contributed by atoms with Gasteiger partial charge in [-0.3, -0.25) is 15.0 Å². The van der Waals surface area contributed by atoms with Crippen molar-refractivity contribution in [1.82, 2.24) is 15.6 Å². The third-order valence-electron chi connectivity index (χ3n) is 4.78. The number of halogens is 3. The number of esters is 1. The third kappa shape index (κ3) is 7.47. The Morgan fingerprint density at radius 1 is 1.11 bits per heavy atom. The SMILES string of the molecule is O=C(NN(Cc1ccc(-c2cccc(Cl)c2)cc1)CC(O)C(=O)OC(CF)CF)c1cc(=O)[nH]o1. The molecule has 3 rings (SSSR count). The summed E-state index contributed by atoms with van der Waals surface area (Å²) in [5.74, 6) is -2.41. The Labute approximate surface area is 203 Å². The van der Waals surface area contributed by atoms with Crippen molar-refractivity contribution in [2.45, 2.75) is 18.8 Å². The van der Waals surface area contributed by atoms with E-state index in [9.17, 15) is 28.3 Å². The van der Waals surface area contributed by atoms with Crippen LogP contribution in [0.3, 0.4) is 0 Å². The molecule has 0 saturated heterocycles. The van der Waals surface area contributed by atoms with Gasteiger partial charge in [0.2, 0.25) is 5.76 Å². The van der Waals surface area contributed by atoms with E-state index >= 15 is 0 Å². The highest BCUT2D eigenvalue weighted by atomic mass is 35.5. The zero-order chi connectivity index (χ0) is 25.4.